The van der Waals surface area contributed by atoms with Crippen LogP contribution in [0.4, 0.5) is 5.82 Å². The topological polar surface area (TPSA) is 16.1 Å². The Kier molecular flexibility index (Phi) is 4.66. The molecule has 0 aliphatic carbocycles. The van der Waals surface area contributed by atoms with Crippen molar-refractivity contribution in [2.24, 2.45) is 0 Å². The summed E-state index contributed by atoms with van der Waals surface area (Å²) in [5.74, 6) is 1.70. The fourth-order valence-electron chi connectivity index (χ4n) is 2.49. The maximum absolute atomic E-state index is 5.83. The molecule has 17 heavy (non-hydrogen) atoms. The van der Waals surface area contributed by atoms with Crippen LogP contribution in [0.25, 0.3) is 0 Å². The molecule has 0 atom stereocenters. The van der Waals surface area contributed by atoms with Crippen molar-refractivity contribution in [1.29, 1.82) is 0 Å². The summed E-state index contributed by atoms with van der Waals surface area (Å²) in [5, 5.41) is 0. The molecule has 1 aromatic heterocycles. The number of aromatic nitrogens is 1. The molecular formula is C14H21ClN2. The number of rotatable bonds is 2. The van der Waals surface area contributed by atoms with Crippen LogP contribution in [0.15, 0.2) is 12.3 Å². The molecular weight excluding hydrogens is 232 g/mol. The van der Waals surface area contributed by atoms with Crippen molar-refractivity contribution in [1.82, 2.24) is 4.98 Å². The summed E-state index contributed by atoms with van der Waals surface area (Å²) in [7, 11) is 0. The summed E-state index contributed by atoms with van der Waals surface area (Å²) in [6, 6.07) is 2.16. The van der Waals surface area contributed by atoms with Gasteiger partial charge in [-0.1, -0.05) is 19.3 Å². The number of hydrogen-bond donors (Lipinski definition) is 0. The number of aryl methyl sites for hydroxylation is 1. The molecule has 2 heterocycles. The minimum atomic E-state index is 0.550. The van der Waals surface area contributed by atoms with Crippen molar-refractivity contribution in [3.63, 3.8) is 0 Å². The van der Waals surface area contributed by atoms with Crippen LogP contribution in [0.2, 0.25) is 0 Å². The van der Waals surface area contributed by atoms with Crippen LogP contribution in [0.3, 0.4) is 0 Å². The molecule has 0 radical (unpaired) electrons. The van der Waals surface area contributed by atoms with E-state index < -0.39 is 0 Å². The van der Waals surface area contributed by atoms with E-state index >= 15 is 0 Å². The first-order chi connectivity index (χ1) is 8.31. The van der Waals surface area contributed by atoms with E-state index in [1.54, 1.807) is 0 Å². The van der Waals surface area contributed by atoms with Gasteiger partial charge < -0.3 is 4.90 Å². The van der Waals surface area contributed by atoms with E-state index in [1.807, 2.05) is 6.20 Å². The number of alkyl halides is 1. The van der Waals surface area contributed by atoms with Gasteiger partial charge in [0.1, 0.15) is 5.82 Å². The smallest absolute Gasteiger partial charge is 0.131 e. The summed E-state index contributed by atoms with van der Waals surface area (Å²) < 4.78 is 0. The third kappa shape index (κ3) is 3.35. The lowest BCUT2D eigenvalue weighted by atomic mass is 10.1. The molecule has 2 nitrogen and oxygen atoms in total. The van der Waals surface area contributed by atoms with Gasteiger partial charge >= 0.3 is 0 Å². The Labute approximate surface area is 109 Å². The molecule has 0 unspecified atom stereocenters. The van der Waals surface area contributed by atoms with Crippen molar-refractivity contribution in [2.45, 2.75) is 44.9 Å². The van der Waals surface area contributed by atoms with E-state index in [0.29, 0.717) is 5.88 Å². The lowest BCUT2D eigenvalue weighted by molar-refractivity contribution is 0.553. The highest BCUT2D eigenvalue weighted by Gasteiger charge is 2.12. The summed E-state index contributed by atoms with van der Waals surface area (Å²) >= 11 is 5.83. The highest BCUT2D eigenvalue weighted by Crippen LogP contribution is 2.21. The predicted octanol–water partition coefficient (Wildman–Crippen LogP) is 3.90. The Balaban J connectivity index is 2.13. The highest BCUT2D eigenvalue weighted by atomic mass is 35.5. The molecule has 1 saturated heterocycles. The number of nitrogens with zero attached hydrogens (tertiary/aromatic N) is 2. The van der Waals surface area contributed by atoms with Crippen molar-refractivity contribution >= 4 is 17.4 Å². The van der Waals surface area contributed by atoms with Crippen LogP contribution in [0.5, 0.6) is 0 Å². The van der Waals surface area contributed by atoms with Gasteiger partial charge in [0.2, 0.25) is 0 Å². The largest absolute Gasteiger partial charge is 0.356 e. The zero-order valence-electron chi connectivity index (χ0n) is 10.6. The molecule has 0 amide bonds. The molecule has 2 rings (SSSR count). The van der Waals surface area contributed by atoms with E-state index in [2.05, 4.69) is 22.9 Å². The van der Waals surface area contributed by atoms with Crippen LogP contribution in [-0.2, 0) is 5.88 Å². The van der Waals surface area contributed by atoms with Crippen LogP contribution in [0.1, 0.15) is 43.2 Å². The molecule has 3 heteroatoms. The van der Waals surface area contributed by atoms with Gasteiger partial charge in [0, 0.05) is 25.2 Å². The summed E-state index contributed by atoms with van der Waals surface area (Å²) in [6.45, 7) is 4.43. The molecule has 1 aliphatic heterocycles. The molecule has 0 aromatic carbocycles. The first-order valence-corrected chi connectivity index (χ1v) is 7.11. The maximum Gasteiger partial charge on any atom is 0.131 e. The van der Waals surface area contributed by atoms with E-state index in [0.717, 1.165) is 24.5 Å². The van der Waals surface area contributed by atoms with Crippen LogP contribution >= 0.6 is 11.6 Å². The second-order valence-electron chi connectivity index (χ2n) is 4.87. The third-order valence-corrected chi connectivity index (χ3v) is 3.73. The molecule has 0 N–H and O–H groups in total. The van der Waals surface area contributed by atoms with Gasteiger partial charge in [-0.3, -0.25) is 0 Å². The first kappa shape index (κ1) is 12.7. The zero-order chi connectivity index (χ0) is 12.1. The van der Waals surface area contributed by atoms with Crippen LogP contribution < -0.4 is 4.90 Å². The third-order valence-electron chi connectivity index (χ3n) is 3.42. The van der Waals surface area contributed by atoms with E-state index in [4.69, 9.17) is 11.6 Å². The van der Waals surface area contributed by atoms with Crippen molar-refractivity contribution in [3.05, 3.63) is 23.4 Å². The fourth-order valence-corrected chi connectivity index (χ4v) is 2.64. The van der Waals surface area contributed by atoms with Crippen molar-refractivity contribution < 1.29 is 0 Å². The first-order valence-electron chi connectivity index (χ1n) is 6.57. The minimum absolute atomic E-state index is 0.550. The molecule has 94 valence electrons. The fraction of sp³-hybridized carbons (Fsp3) is 0.643. The highest BCUT2D eigenvalue weighted by molar-refractivity contribution is 6.17. The van der Waals surface area contributed by atoms with Gasteiger partial charge in [0.25, 0.3) is 0 Å². The Morgan fingerprint density at radius 1 is 1.18 bits per heavy atom. The van der Waals surface area contributed by atoms with Gasteiger partial charge in [-0.25, -0.2) is 4.98 Å². The van der Waals surface area contributed by atoms with Gasteiger partial charge in [-0.05, 0) is 37.0 Å². The van der Waals surface area contributed by atoms with Crippen LogP contribution in [0, 0.1) is 6.92 Å². The molecule has 0 saturated carbocycles. The Bertz CT molecular complexity index is 357. The number of anilines is 1. The molecule has 0 spiro atoms. The van der Waals surface area contributed by atoms with Crippen molar-refractivity contribution in [2.75, 3.05) is 18.0 Å². The number of halogens is 1. The predicted molar refractivity (Wildman–Crippen MR) is 73.8 cm³/mol. The Morgan fingerprint density at radius 3 is 2.41 bits per heavy atom. The SMILES string of the molecule is Cc1cc(CCl)cnc1N1CCCCCCC1. The van der Waals surface area contributed by atoms with Gasteiger partial charge in [0.15, 0.2) is 0 Å². The van der Waals surface area contributed by atoms with Gasteiger partial charge in [0.05, 0.1) is 0 Å². The monoisotopic (exact) mass is 252 g/mol. The molecule has 0 bridgehead atoms. The molecule has 1 aliphatic rings. The molecule has 1 fully saturated rings. The Morgan fingerprint density at radius 2 is 1.82 bits per heavy atom. The summed E-state index contributed by atoms with van der Waals surface area (Å²) in [4.78, 5) is 7.02. The minimum Gasteiger partial charge on any atom is -0.356 e. The zero-order valence-corrected chi connectivity index (χ0v) is 11.3. The quantitative estimate of drug-likeness (QED) is 0.743. The van der Waals surface area contributed by atoms with Crippen molar-refractivity contribution in [3.8, 4) is 0 Å². The lowest BCUT2D eigenvalue weighted by Gasteiger charge is -2.27. The number of pyridine rings is 1. The van der Waals surface area contributed by atoms with E-state index in [9.17, 15) is 0 Å². The Hall–Kier alpha value is -0.760. The average molecular weight is 253 g/mol. The van der Waals surface area contributed by atoms with Gasteiger partial charge in [-0.2, -0.15) is 0 Å². The van der Waals surface area contributed by atoms with Gasteiger partial charge in [-0.15, -0.1) is 11.6 Å². The number of hydrogen-bond acceptors (Lipinski definition) is 2. The second kappa shape index (κ2) is 6.25. The lowest BCUT2D eigenvalue weighted by Crippen LogP contribution is -2.28. The summed E-state index contributed by atoms with van der Waals surface area (Å²) in [6.07, 6.45) is 8.60. The average Bonchev–Trinajstić information content (AvgIpc) is 2.29. The standard InChI is InChI=1S/C14H21ClN2/c1-12-9-13(10-15)11-16-14(12)17-7-5-3-2-4-6-8-17/h9,11H,2-8,10H2,1H3. The maximum atomic E-state index is 5.83. The summed E-state index contributed by atoms with van der Waals surface area (Å²) in [5.41, 5.74) is 2.36. The van der Waals surface area contributed by atoms with E-state index in [1.165, 1.54) is 37.7 Å². The molecule has 1 aromatic rings. The van der Waals surface area contributed by atoms with Crippen LogP contribution in [-0.4, -0.2) is 18.1 Å². The van der Waals surface area contributed by atoms with E-state index in [-0.39, 0.29) is 0 Å². The normalized spacial score (nSPS) is 17.6. The second-order valence-corrected chi connectivity index (χ2v) is 5.14.